The van der Waals surface area contributed by atoms with Crippen LogP contribution in [-0.4, -0.2) is 47.6 Å². The average molecular weight is 538 g/mol. The maximum Gasteiger partial charge on any atom is 0.312 e. The summed E-state index contributed by atoms with van der Waals surface area (Å²) in [5, 5.41) is 21.2. The molecule has 39 heavy (non-hydrogen) atoms. The second kappa shape index (κ2) is 7.42. The summed E-state index contributed by atoms with van der Waals surface area (Å²) in [4.78, 5) is 41.4. The fraction of sp³-hybridized carbons (Fsp3) is 0.812. The van der Waals surface area contributed by atoms with Gasteiger partial charge in [-0.25, -0.2) is 0 Å². The van der Waals surface area contributed by atoms with Gasteiger partial charge in [0.1, 0.15) is 12.2 Å². The van der Waals surface area contributed by atoms with E-state index < -0.39 is 44.9 Å². The molecule has 0 aromatic rings. The zero-order valence-electron chi connectivity index (χ0n) is 24.6. The molecule has 6 aliphatic rings. The molecule has 1 aliphatic heterocycles. The molecule has 0 unspecified atom stereocenters. The Hall–Kier alpha value is -2.04. The van der Waals surface area contributed by atoms with E-state index in [-0.39, 0.29) is 40.7 Å². The second-order valence-electron chi connectivity index (χ2n) is 15.6. The summed E-state index contributed by atoms with van der Waals surface area (Å²) in [6.45, 7) is 14.6. The zero-order valence-corrected chi connectivity index (χ0v) is 24.6. The number of ketones is 2. The van der Waals surface area contributed by atoms with E-state index in [0.717, 1.165) is 18.4 Å². The quantitative estimate of drug-likeness (QED) is 0.385. The van der Waals surface area contributed by atoms with E-state index in [4.69, 9.17) is 9.47 Å². The minimum absolute atomic E-state index is 0.0231. The van der Waals surface area contributed by atoms with Crippen molar-refractivity contribution in [3.05, 3.63) is 11.6 Å². The highest BCUT2D eigenvalue weighted by Crippen LogP contribution is 2.77. The highest BCUT2D eigenvalue weighted by atomic mass is 16.6. The van der Waals surface area contributed by atoms with Gasteiger partial charge in [0.2, 0.25) is 5.60 Å². The molecule has 0 radical (unpaired) electrons. The summed E-state index contributed by atoms with van der Waals surface area (Å²) in [5.41, 5.74) is -3.91. The summed E-state index contributed by atoms with van der Waals surface area (Å²) in [6, 6.07) is 2.22. The number of esters is 1. The van der Waals surface area contributed by atoms with Gasteiger partial charge in [-0.2, -0.15) is 5.26 Å². The Bertz CT molecular complexity index is 1280. The Morgan fingerprint density at radius 3 is 2.36 bits per heavy atom. The summed E-state index contributed by atoms with van der Waals surface area (Å²) in [5.74, 6) is -1.09. The van der Waals surface area contributed by atoms with Crippen LogP contribution in [0.3, 0.4) is 0 Å². The third-order valence-electron chi connectivity index (χ3n) is 13.5. The van der Waals surface area contributed by atoms with E-state index in [1.807, 2.05) is 33.8 Å². The van der Waals surface area contributed by atoms with Gasteiger partial charge in [-0.05, 0) is 72.7 Å². The van der Waals surface area contributed by atoms with Crippen LogP contribution in [0.2, 0.25) is 0 Å². The number of fused-ring (bicyclic) bond motifs is 9. The fourth-order valence-electron chi connectivity index (χ4n) is 11.0. The number of ether oxygens (including phenoxy) is 2. The van der Waals surface area contributed by atoms with Gasteiger partial charge in [0.05, 0.1) is 18.6 Å². The molecule has 0 spiro atoms. The number of allylic oxidation sites excluding steroid dienone is 1. The first kappa shape index (κ1) is 27.1. The minimum Gasteiger partial charge on any atom is -0.469 e. The van der Waals surface area contributed by atoms with Crippen molar-refractivity contribution in [2.75, 3.05) is 7.11 Å². The maximum atomic E-state index is 14.5. The third-order valence-corrected chi connectivity index (χ3v) is 13.5. The third kappa shape index (κ3) is 2.79. The van der Waals surface area contributed by atoms with Crippen molar-refractivity contribution in [3.8, 4) is 6.07 Å². The number of hydrogen-bond acceptors (Lipinski definition) is 7. The van der Waals surface area contributed by atoms with Crippen molar-refractivity contribution in [2.24, 2.45) is 50.2 Å². The lowest BCUT2D eigenvalue weighted by molar-refractivity contribution is -0.204. The van der Waals surface area contributed by atoms with E-state index in [0.29, 0.717) is 25.7 Å². The van der Waals surface area contributed by atoms with Crippen molar-refractivity contribution < 1.29 is 29.0 Å². The van der Waals surface area contributed by atoms with Gasteiger partial charge in [0.15, 0.2) is 11.6 Å². The molecular formula is C32H43NO6. The number of aliphatic hydroxyl groups is 1. The van der Waals surface area contributed by atoms with Crippen LogP contribution in [0.5, 0.6) is 0 Å². The topological polar surface area (TPSA) is 117 Å². The predicted molar refractivity (Wildman–Crippen MR) is 142 cm³/mol. The predicted octanol–water partition coefficient (Wildman–Crippen LogP) is 4.56. The normalized spacial score (nSPS) is 52.5. The van der Waals surface area contributed by atoms with Crippen LogP contribution in [0.4, 0.5) is 0 Å². The number of methoxy groups -OCH3 is 1. The smallest absolute Gasteiger partial charge is 0.312 e. The molecule has 1 heterocycles. The van der Waals surface area contributed by atoms with Gasteiger partial charge < -0.3 is 14.6 Å². The van der Waals surface area contributed by atoms with Gasteiger partial charge in [0, 0.05) is 16.7 Å². The first-order chi connectivity index (χ1) is 17.9. The Labute approximate surface area is 231 Å². The van der Waals surface area contributed by atoms with Gasteiger partial charge in [-0.1, -0.05) is 54.0 Å². The average Bonchev–Trinajstić information content (AvgIpc) is 3.62. The summed E-state index contributed by atoms with van der Waals surface area (Å²) < 4.78 is 11.4. The maximum absolute atomic E-state index is 14.5. The fourth-order valence-corrected chi connectivity index (χ4v) is 11.0. The van der Waals surface area contributed by atoms with E-state index in [1.54, 1.807) is 0 Å². The van der Waals surface area contributed by atoms with E-state index in [1.165, 1.54) is 7.11 Å². The number of nitriles is 1. The molecule has 0 amide bonds. The molecule has 0 aromatic carbocycles. The number of nitrogens with zero attached hydrogens (tertiary/aromatic N) is 1. The van der Waals surface area contributed by atoms with Crippen molar-refractivity contribution in [3.63, 3.8) is 0 Å². The van der Waals surface area contributed by atoms with Crippen molar-refractivity contribution in [1.29, 1.82) is 5.26 Å². The first-order valence-corrected chi connectivity index (χ1v) is 14.6. The Morgan fingerprint density at radius 1 is 1.08 bits per heavy atom. The molecule has 4 saturated carbocycles. The van der Waals surface area contributed by atoms with E-state index in [2.05, 4.69) is 26.8 Å². The van der Waals surface area contributed by atoms with Crippen LogP contribution >= 0.6 is 0 Å². The molecule has 7 nitrogen and oxygen atoms in total. The van der Waals surface area contributed by atoms with Crippen LogP contribution in [0.25, 0.3) is 0 Å². The molecule has 0 bridgehead atoms. The summed E-state index contributed by atoms with van der Waals surface area (Å²) >= 11 is 0. The van der Waals surface area contributed by atoms with Crippen molar-refractivity contribution in [2.45, 2.75) is 105 Å². The lowest BCUT2D eigenvalue weighted by Crippen LogP contribution is -2.68. The van der Waals surface area contributed by atoms with E-state index >= 15 is 0 Å². The lowest BCUT2D eigenvalue weighted by atomic mass is 9.33. The molecular weight excluding hydrogens is 494 g/mol. The van der Waals surface area contributed by atoms with Gasteiger partial charge in [-0.3, -0.25) is 14.4 Å². The van der Waals surface area contributed by atoms with Crippen molar-refractivity contribution in [1.82, 2.24) is 0 Å². The number of Topliss-reactive ketones (excluding diaryl/α,β-unsaturated/α-hetero) is 1. The monoisotopic (exact) mass is 537 g/mol. The standard InChI is InChI=1S/C32H43NO6/c1-26(2)14-17-22-18(34)13-20-28(5,29(22,6)11-12-31(17,15-21(26)35)25(37)38-8)10-9-19-27(3,4)23(36)32(16-33)24(39-32)30(19,20)7/h13,17,19,21-22,24,35H,9-12,14-15H2,1-8H3/t17-,19-,21+,22-,24+,28+,29+,30-,31+,32-/m0/s1. The largest absolute Gasteiger partial charge is 0.469 e. The molecule has 5 fully saturated rings. The highest BCUT2D eigenvalue weighted by molar-refractivity contribution is 6.01. The van der Waals surface area contributed by atoms with Crippen molar-refractivity contribution >= 4 is 17.5 Å². The van der Waals surface area contributed by atoms with Gasteiger partial charge in [-0.15, -0.1) is 0 Å². The molecule has 7 heteroatoms. The van der Waals surface area contributed by atoms with Gasteiger partial charge in [0.25, 0.3) is 0 Å². The van der Waals surface area contributed by atoms with Gasteiger partial charge >= 0.3 is 5.97 Å². The Kier molecular flexibility index (Phi) is 5.16. The van der Waals surface area contributed by atoms with Crippen LogP contribution in [-0.2, 0) is 23.9 Å². The summed E-state index contributed by atoms with van der Waals surface area (Å²) in [7, 11) is 1.40. The van der Waals surface area contributed by atoms with Crippen LogP contribution in [0.1, 0.15) is 87.0 Å². The summed E-state index contributed by atoms with van der Waals surface area (Å²) in [6.07, 6.45) is 4.35. The number of aliphatic hydroxyl groups excluding tert-OH is 1. The van der Waals surface area contributed by atoms with Crippen LogP contribution in [0.15, 0.2) is 11.6 Å². The Balaban J connectivity index is 1.52. The van der Waals surface area contributed by atoms with E-state index in [9.17, 15) is 24.8 Å². The molecule has 10 atom stereocenters. The molecule has 0 aromatic heterocycles. The molecule has 1 saturated heterocycles. The molecule has 212 valence electrons. The molecule has 1 N–H and O–H groups in total. The Morgan fingerprint density at radius 2 is 1.74 bits per heavy atom. The highest BCUT2D eigenvalue weighted by Gasteiger charge is 2.82. The molecule has 5 aliphatic carbocycles. The SMILES string of the molecule is COC(=O)[C@@]12CC[C@]3(C)[C@H](C(=O)C=C4[C@@]5(C)[C@H]6O[C@@]6(C#N)C(=O)C(C)(C)[C@@H]5CC[C@]43C)[C@@H]1CC(C)(C)[C@H](O)C2. The number of carbonyl (C=O) groups excluding carboxylic acids is 3. The number of epoxide rings is 1. The molecule has 6 rings (SSSR count). The second-order valence-corrected chi connectivity index (χ2v) is 15.6. The zero-order chi connectivity index (χ0) is 28.8. The van der Waals surface area contributed by atoms with Crippen LogP contribution in [0, 0.1) is 61.6 Å². The minimum atomic E-state index is -1.44. The lowest BCUT2D eigenvalue weighted by Gasteiger charge is -2.69. The number of hydrogen-bond donors (Lipinski definition) is 1. The number of rotatable bonds is 1. The number of carbonyl (C=O) groups is 3. The first-order valence-electron chi connectivity index (χ1n) is 14.6. The van der Waals surface area contributed by atoms with Crippen LogP contribution < -0.4 is 0 Å².